The fourth-order valence-electron chi connectivity index (χ4n) is 7.22. The molecule has 1 unspecified atom stereocenters. The SMILES string of the molecule is C1=C(c2c[nH]c3ccccc23)Cc2ccccc21.CCOC(C)CN(C)C.c1ccc2c(c1)Cc1c-2ccc2[nH]c3ccccc3c12. The molecule has 2 heterocycles. The Morgan fingerprint density at radius 1 is 0.681 bits per heavy atom. The highest BCUT2D eigenvalue weighted by Crippen LogP contribution is 2.42. The van der Waals surface area contributed by atoms with Crippen LogP contribution in [0.3, 0.4) is 0 Å². The molecule has 1 atom stereocenters. The zero-order chi connectivity index (χ0) is 32.3. The number of allylic oxidation sites excluding steroid dienone is 1. The fraction of sp³-hybridized carbons (Fsp3) is 0.209. The van der Waals surface area contributed by atoms with Crippen molar-refractivity contribution in [2.45, 2.75) is 32.8 Å². The molecule has 2 aromatic heterocycles. The molecule has 0 saturated carbocycles. The van der Waals surface area contributed by atoms with E-state index in [9.17, 15) is 0 Å². The van der Waals surface area contributed by atoms with Crippen molar-refractivity contribution in [3.05, 3.63) is 143 Å². The van der Waals surface area contributed by atoms with Crippen molar-refractivity contribution in [3.63, 3.8) is 0 Å². The first-order valence-electron chi connectivity index (χ1n) is 16.7. The lowest BCUT2D eigenvalue weighted by molar-refractivity contribution is 0.0572. The number of fused-ring (bicyclic) bond motifs is 9. The maximum atomic E-state index is 5.31. The maximum Gasteiger partial charge on any atom is 0.0673 e. The van der Waals surface area contributed by atoms with Crippen molar-refractivity contribution in [2.75, 3.05) is 27.2 Å². The third-order valence-electron chi connectivity index (χ3n) is 9.23. The second kappa shape index (κ2) is 13.4. The van der Waals surface area contributed by atoms with Gasteiger partial charge in [0.05, 0.1) is 6.10 Å². The highest BCUT2D eigenvalue weighted by Gasteiger charge is 2.22. The molecule has 7 aromatic rings. The molecule has 0 saturated heterocycles. The summed E-state index contributed by atoms with van der Waals surface area (Å²) in [5.41, 5.74) is 14.9. The van der Waals surface area contributed by atoms with E-state index in [0.717, 1.165) is 26.0 Å². The fourth-order valence-corrected chi connectivity index (χ4v) is 7.22. The van der Waals surface area contributed by atoms with Crippen LogP contribution in [0.4, 0.5) is 0 Å². The number of nitrogens with one attached hydrogen (secondary N) is 2. The Hall–Kier alpha value is -4.90. The largest absolute Gasteiger partial charge is 0.377 e. The summed E-state index contributed by atoms with van der Waals surface area (Å²) in [6, 6.07) is 38.9. The molecule has 5 aromatic carbocycles. The summed E-state index contributed by atoms with van der Waals surface area (Å²) < 4.78 is 5.31. The minimum Gasteiger partial charge on any atom is -0.377 e. The Morgan fingerprint density at radius 3 is 2.17 bits per heavy atom. The molecule has 2 N–H and O–H groups in total. The first-order chi connectivity index (χ1) is 23.0. The first kappa shape index (κ1) is 30.7. The molecular formula is C43H43N3O. The molecule has 2 aliphatic rings. The summed E-state index contributed by atoms with van der Waals surface area (Å²) in [7, 11) is 4.10. The molecule has 0 fully saturated rings. The molecule has 0 aliphatic heterocycles. The van der Waals surface area contributed by atoms with Gasteiger partial charge in [0.2, 0.25) is 0 Å². The van der Waals surface area contributed by atoms with Crippen LogP contribution in [-0.2, 0) is 17.6 Å². The Labute approximate surface area is 277 Å². The lowest BCUT2D eigenvalue weighted by Gasteiger charge is -2.16. The van der Waals surface area contributed by atoms with E-state index in [2.05, 4.69) is 157 Å². The van der Waals surface area contributed by atoms with Gasteiger partial charge in [-0.15, -0.1) is 0 Å². The monoisotopic (exact) mass is 617 g/mol. The summed E-state index contributed by atoms with van der Waals surface area (Å²) in [5, 5.41) is 4.05. The van der Waals surface area contributed by atoms with Gasteiger partial charge in [-0.1, -0.05) is 97.1 Å². The average molecular weight is 618 g/mol. The first-order valence-corrected chi connectivity index (χ1v) is 16.7. The number of H-pyrrole nitrogens is 2. The van der Waals surface area contributed by atoms with E-state index in [0.29, 0.717) is 6.10 Å². The van der Waals surface area contributed by atoms with E-state index in [1.54, 1.807) is 0 Å². The molecule has 47 heavy (non-hydrogen) atoms. The highest BCUT2D eigenvalue weighted by molar-refractivity contribution is 6.11. The predicted molar refractivity (Wildman–Crippen MR) is 200 cm³/mol. The molecule has 0 bridgehead atoms. The third-order valence-corrected chi connectivity index (χ3v) is 9.23. The van der Waals surface area contributed by atoms with Crippen molar-refractivity contribution in [1.82, 2.24) is 14.9 Å². The number of nitrogens with zero attached hydrogens (tertiary/aromatic N) is 1. The summed E-state index contributed by atoms with van der Waals surface area (Å²) in [4.78, 5) is 9.01. The molecule has 0 radical (unpaired) electrons. The van der Waals surface area contributed by atoms with Crippen LogP contribution in [0.25, 0.3) is 55.5 Å². The standard InChI is InChI=1S/C19H13N.C17H13N.C7H17NO/c1-2-6-13-12(5-1)11-16-14(13)9-10-18-19(16)15-7-3-4-8-17(15)20-18;1-2-6-13-10-14(9-12(13)5-1)16-11-18-17-8-4-3-7-15(16)17;1-5-9-7(2)6-8(3)4/h1-10,20H,11H2;1-9,11,18H,10H2;7H,5-6H2,1-4H3. The highest BCUT2D eigenvalue weighted by atomic mass is 16.5. The van der Waals surface area contributed by atoms with Gasteiger partial charge in [0, 0.05) is 57.6 Å². The van der Waals surface area contributed by atoms with Crippen molar-refractivity contribution >= 4 is 44.4 Å². The Kier molecular flexibility index (Phi) is 8.80. The third kappa shape index (κ3) is 6.27. The Morgan fingerprint density at radius 2 is 1.38 bits per heavy atom. The molecule has 9 rings (SSSR count). The number of hydrogen-bond donors (Lipinski definition) is 2. The van der Waals surface area contributed by atoms with E-state index in [-0.39, 0.29) is 0 Å². The van der Waals surface area contributed by atoms with Gasteiger partial charge in [0.1, 0.15) is 0 Å². The van der Waals surface area contributed by atoms with Crippen molar-refractivity contribution in [1.29, 1.82) is 0 Å². The maximum absolute atomic E-state index is 5.31. The normalized spacial score (nSPS) is 13.4. The number of likely N-dealkylation sites (N-methyl/N-ethyl adjacent to an activating group) is 1. The van der Waals surface area contributed by atoms with Crippen LogP contribution in [-0.4, -0.2) is 48.2 Å². The zero-order valence-electron chi connectivity index (χ0n) is 27.8. The summed E-state index contributed by atoms with van der Waals surface area (Å²) in [6.45, 7) is 5.93. The smallest absolute Gasteiger partial charge is 0.0673 e. The second-order valence-electron chi connectivity index (χ2n) is 12.8. The number of benzene rings is 5. The van der Waals surface area contributed by atoms with E-state index in [4.69, 9.17) is 4.74 Å². The molecule has 4 heteroatoms. The summed E-state index contributed by atoms with van der Waals surface area (Å²) in [5.74, 6) is 0. The number of rotatable bonds is 5. The topological polar surface area (TPSA) is 44.0 Å². The van der Waals surface area contributed by atoms with E-state index in [1.165, 1.54) is 77.2 Å². The minimum atomic E-state index is 0.366. The van der Waals surface area contributed by atoms with Crippen LogP contribution < -0.4 is 0 Å². The van der Waals surface area contributed by atoms with Gasteiger partial charge in [-0.25, -0.2) is 0 Å². The minimum absolute atomic E-state index is 0.366. The molecule has 0 spiro atoms. The quantitative estimate of drug-likeness (QED) is 0.202. The molecule has 4 nitrogen and oxygen atoms in total. The van der Waals surface area contributed by atoms with Crippen molar-refractivity contribution in [3.8, 4) is 11.1 Å². The van der Waals surface area contributed by atoms with Crippen LogP contribution in [0.5, 0.6) is 0 Å². The Balaban J connectivity index is 0.000000121. The van der Waals surface area contributed by atoms with E-state index < -0.39 is 0 Å². The van der Waals surface area contributed by atoms with Gasteiger partial charge in [0.15, 0.2) is 0 Å². The van der Waals surface area contributed by atoms with Gasteiger partial charge in [0.25, 0.3) is 0 Å². The molecule has 2 aliphatic carbocycles. The zero-order valence-corrected chi connectivity index (χ0v) is 27.8. The molecule has 236 valence electrons. The van der Waals surface area contributed by atoms with Gasteiger partial charge < -0.3 is 19.6 Å². The molecule has 0 amide bonds. The average Bonchev–Trinajstić information content (AvgIpc) is 3.86. The predicted octanol–water partition coefficient (Wildman–Crippen LogP) is 10.1. The molecular weight excluding hydrogens is 574 g/mol. The van der Waals surface area contributed by atoms with E-state index >= 15 is 0 Å². The number of para-hydroxylation sites is 2. The number of aromatic nitrogens is 2. The van der Waals surface area contributed by atoms with Crippen LogP contribution in [0.1, 0.15) is 41.7 Å². The number of aromatic amines is 2. The van der Waals surface area contributed by atoms with E-state index in [1.807, 2.05) is 6.92 Å². The lowest BCUT2D eigenvalue weighted by Crippen LogP contribution is -2.25. The van der Waals surface area contributed by atoms with Gasteiger partial charge >= 0.3 is 0 Å². The van der Waals surface area contributed by atoms with Crippen LogP contribution in [0.2, 0.25) is 0 Å². The van der Waals surface area contributed by atoms with Gasteiger partial charge in [-0.2, -0.15) is 0 Å². The van der Waals surface area contributed by atoms with Gasteiger partial charge in [-0.05, 0) is 97.9 Å². The second-order valence-corrected chi connectivity index (χ2v) is 12.8. The van der Waals surface area contributed by atoms with Crippen molar-refractivity contribution < 1.29 is 4.74 Å². The van der Waals surface area contributed by atoms with Crippen LogP contribution in [0, 0.1) is 0 Å². The number of ether oxygens (including phenoxy) is 1. The Bertz CT molecular complexity index is 2200. The van der Waals surface area contributed by atoms with Crippen LogP contribution >= 0.6 is 0 Å². The lowest BCUT2D eigenvalue weighted by atomic mass is 10.0. The van der Waals surface area contributed by atoms with Crippen molar-refractivity contribution in [2.24, 2.45) is 0 Å². The van der Waals surface area contributed by atoms with Crippen LogP contribution in [0.15, 0.2) is 115 Å². The summed E-state index contributed by atoms with van der Waals surface area (Å²) in [6.07, 6.45) is 6.89. The number of hydrogen-bond acceptors (Lipinski definition) is 2. The summed E-state index contributed by atoms with van der Waals surface area (Å²) >= 11 is 0. The van der Waals surface area contributed by atoms with Gasteiger partial charge in [-0.3, -0.25) is 0 Å².